The largest absolute Gasteiger partial charge is 0.491 e. The molecule has 2 unspecified atom stereocenters. The van der Waals surface area contributed by atoms with E-state index in [-0.39, 0.29) is 12.1 Å². The minimum atomic E-state index is 0.153. The van der Waals surface area contributed by atoms with Crippen molar-refractivity contribution >= 4 is 0 Å². The summed E-state index contributed by atoms with van der Waals surface area (Å²) in [5, 5.41) is 0. The van der Waals surface area contributed by atoms with Crippen molar-refractivity contribution in [1.82, 2.24) is 5.43 Å². The molecule has 18 heavy (non-hydrogen) atoms. The van der Waals surface area contributed by atoms with Gasteiger partial charge in [-0.15, -0.1) is 0 Å². The molecule has 0 spiro atoms. The van der Waals surface area contributed by atoms with E-state index >= 15 is 0 Å². The quantitative estimate of drug-likeness (QED) is 0.601. The van der Waals surface area contributed by atoms with Gasteiger partial charge in [0.05, 0.1) is 6.10 Å². The third kappa shape index (κ3) is 4.00. The molecule has 0 amide bonds. The number of nitrogens with two attached hydrogens (primary N) is 1. The molecule has 3 nitrogen and oxygen atoms in total. The number of nitrogens with one attached hydrogen (secondary N) is 1. The molecular formula is C15H26N2O. The Hall–Kier alpha value is -1.06. The molecule has 102 valence electrons. The van der Waals surface area contributed by atoms with Gasteiger partial charge in [0.15, 0.2) is 0 Å². The van der Waals surface area contributed by atoms with Crippen LogP contribution in [-0.4, -0.2) is 6.10 Å². The van der Waals surface area contributed by atoms with Crippen LogP contribution in [0.5, 0.6) is 5.75 Å². The summed E-state index contributed by atoms with van der Waals surface area (Å²) in [5.41, 5.74) is 4.10. The first-order valence-electron chi connectivity index (χ1n) is 6.68. The molecule has 0 aliphatic carbocycles. The van der Waals surface area contributed by atoms with Gasteiger partial charge in [0, 0.05) is 6.04 Å². The second kappa shape index (κ2) is 6.76. The minimum Gasteiger partial charge on any atom is -0.491 e. The van der Waals surface area contributed by atoms with Crippen molar-refractivity contribution in [2.75, 3.05) is 0 Å². The van der Waals surface area contributed by atoms with Crippen LogP contribution in [-0.2, 0) is 0 Å². The molecule has 0 radical (unpaired) electrons. The van der Waals surface area contributed by atoms with Crippen LogP contribution in [0.3, 0.4) is 0 Å². The van der Waals surface area contributed by atoms with Crippen molar-refractivity contribution in [3.63, 3.8) is 0 Å². The van der Waals surface area contributed by atoms with E-state index in [0.29, 0.717) is 11.8 Å². The fraction of sp³-hybridized carbons (Fsp3) is 0.600. The molecule has 1 rings (SSSR count). The molecule has 0 saturated heterocycles. The van der Waals surface area contributed by atoms with Crippen molar-refractivity contribution in [2.24, 2.45) is 17.7 Å². The Bertz CT molecular complexity index is 363. The maximum absolute atomic E-state index is 5.72. The molecule has 0 saturated carbocycles. The summed E-state index contributed by atoms with van der Waals surface area (Å²) in [5.74, 6) is 7.64. The Labute approximate surface area is 111 Å². The summed E-state index contributed by atoms with van der Waals surface area (Å²) < 4.78 is 5.72. The number of benzene rings is 1. The molecule has 0 aliphatic rings. The smallest absolute Gasteiger partial charge is 0.120 e. The highest BCUT2D eigenvalue weighted by molar-refractivity contribution is 5.31. The van der Waals surface area contributed by atoms with Crippen LogP contribution >= 0.6 is 0 Å². The first kappa shape index (κ1) is 15.0. The van der Waals surface area contributed by atoms with E-state index in [2.05, 4.69) is 38.3 Å². The van der Waals surface area contributed by atoms with Gasteiger partial charge in [0.25, 0.3) is 0 Å². The fourth-order valence-corrected chi connectivity index (χ4v) is 1.99. The van der Waals surface area contributed by atoms with Gasteiger partial charge in [-0.2, -0.15) is 0 Å². The Kier molecular flexibility index (Phi) is 5.63. The van der Waals surface area contributed by atoms with E-state index in [9.17, 15) is 0 Å². The molecule has 0 heterocycles. The molecular weight excluding hydrogens is 224 g/mol. The molecule has 0 aromatic heterocycles. The molecule has 0 fully saturated rings. The van der Waals surface area contributed by atoms with Crippen LogP contribution in [0.2, 0.25) is 0 Å². The summed E-state index contributed by atoms with van der Waals surface area (Å²) in [4.78, 5) is 0. The average Bonchev–Trinajstić information content (AvgIpc) is 2.29. The van der Waals surface area contributed by atoms with Gasteiger partial charge in [-0.3, -0.25) is 11.3 Å². The Morgan fingerprint density at radius 1 is 1.11 bits per heavy atom. The van der Waals surface area contributed by atoms with Crippen LogP contribution in [0.1, 0.15) is 46.2 Å². The van der Waals surface area contributed by atoms with Gasteiger partial charge in [0.1, 0.15) is 5.75 Å². The number of hydrogen-bond acceptors (Lipinski definition) is 3. The van der Waals surface area contributed by atoms with Gasteiger partial charge < -0.3 is 4.74 Å². The van der Waals surface area contributed by atoms with Crippen LogP contribution in [0.25, 0.3) is 0 Å². The maximum atomic E-state index is 5.72. The minimum absolute atomic E-state index is 0.153. The predicted molar refractivity (Wildman–Crippen MR) is 76.3 cm³/mol. The average molecular weight is 250 g/mol. The van der Waals surface area contributed by atoms with Crippen LogP contribution in [0.15, 0.2) is 24.3 Å². The van der Waals surface area contributed by atoms with Crippen molar-refractivity contribution in [1.29, 1.82) is 0 Å². The lowest BCUT2D eigenvalue weighted by Gasteiger charge is -2.27. The zero-order chi connectivity index (χ0) is 13.7. The van der Waals surface area contributed by atoms with Gasteiger partial charge in [-0.05, 0) is 43.4 Å². The maximum Gasteiger partial charge on any atom is 0.120 e. The van der Waals surface area contributed by atoms with E-state index in [4.69, 9.17) is 10.6 Å². The highest BCUT2D eigenvalue weighted by Gasteiger charge is 2.21. The Morgan fingerprint density at radius 2 is 1.78 bits per heavy atom. The van der Waals surface area contributed by atoms with Gasteiger partial charge in [-0.1, -0.05) is 32.9 Å². The summed E-state index contributed by atoms with van der Waals surface area (Å²) in [7, 11) is 0. The third-order valence-electron chi connectivity index (χ3n) is 3.35. The number of ether oxygens (including phenoxy) is 1. The summed E-state index contributed by atoms with van der Waals surface area (Å²) >= 11 is 0. The lowest BCUT2D eigenvalue weighted by molar-refractivity contribution is 0.241. The lowest BCUT2D eigenvalue weighted by atomic mass is 9.86. The first-order valence-corrected chi connectivity index (χ1v) is 6.68. The molecule has 1 aromatic carbocycles. The van der Waals surface area contributed by atoms with Crippen molar-refractivity contribution < 1.29 is 4.74 Å². The van der Waals surface area contributed by atoms with Gasteiger partial charge >= 0.3 is 0 Å². The van der Waals surface area contributed by atoms with E-state index in [1.807, 2.05) is 26.0 Å². The normalized spacial score (nSPS) is 14.9. The number of hydrazine groups is 1. The summed E-state index contributed by atoms with van der Waals surface area (Å²) in [6.45, 7) is 10.7. The van der Waals surface area contributed by atoms with E-state index in [1.54, 1.807) is 0 Å². The van der Waals surface area contributed by atoms with Gasteiger partial charge in [0.2, 0.25) is 0 Å². The standard InChI is InChI=1S/C15H26N2O/c1-10(2)12(5)15(17-16)13-7-6-8-14(9-13)18-11(3)4/h6-12,15,17H,16H2,1-5H3. The topological polar surface area (TPSA) is 47.3 Å². The van der Waals surface area contributed by atoms with Crippen LogP contribution < -0.4 is 16.0 Å². The van der Waals surface area contributed by atoms with E-state index in [0.717, 1.165) is 5.75 Å². The Morgan fingerprint density at radius 3 is 2.28 bits per heavy atom. The SMILES string of the molecule is CC(C)Oc1cccc(C(NN)C(C)C(C)C)c1. The molecule has 0 aliphatic heterocycles. The fourth-order valence-electron chi connectivity index (χ4n) is 1.99. The highest BCUT2D eigenvalue weighted by atomic mass is 16.5. The molecule has 1 aromatic rings. The first-order chi connectivity index (χ1) is 8.45. The zero-order valence-corrected chi connectivity index (χ0v) is 12.1. The molecule has 0 bridgehead atoms. The molecule has 3 heteroatoms. The predicted octanol–water partition coefficient (Wildman–Crippen LogP) is 3.27. The van der Waals surface area contributed by atoms with Gasteiger partial charge in [-0.25, -0.2) is 0 Å². The monoisotopic (exact) mass is 250 g/mol. The van der Waals surface area contributed by atoms with Crippen LogP contribution in [0.4, 0.5) is 0 Å². The third-order valence-corrected chi connectivity index (χ3v) is 3.35. The van der Waals surface area contributed by atoms with Crippen molar-refractivity contribution in [2.45, 2.75) is 46.8 Å². The van der Waals surface area contributed by atoms with E-state index in [1.165, 1.54) is 5.56 Å². The zero-order valence-electron chi connectivity index (χ0n) is 12.1. The second-order valence-electron chi connectivity index (χ2n) is 5.49. The number of rotatable bonds is 6. The highest BCUT2D eigenvalue weighted by Crippen LogP contribution is 2.29. The summed E-state index contributed by atoms with van der Waals surface area (Å²) in [6, 6.07) is 8.32. The van der Waals surface area contributed by atoms with Crippen LogP contribution in [0, 0.1) is 11.8 Å². The number of hydrogen-bond donors (Lipinski definition) is 2. The molecule has 2 atom stereocenters. The summed E-state index contributed by atoms with van der Waals surface area (Å²) in [6.07, 6.45) is 0.187. The van der Waals surface area contributed by atoms with Crippen molar-refractivity contribution in [3.8, 4) is 5.75 Å². The second-order valence-corrected chi connectivity index (χ2v) is 5.49. The lowest BCUT2D eigenvalue weighted by Crippen LogP contribution is -2.34. The van der Waals surface area contributed by atoms with E-state index < -0.39 is 0 Å². The Balaban J connectivity index is 2.92. The van der Waals surface area contributed by atoms with Crippen molar-refractivity contribution in [3.05, 3.63) is 29.8 Å². The molecule has 3 N–H and O–H groups in total.